The summed E-state index contributed by atoms with van der Waals surface area (Å²) in [5.41, 5.74) is 2.93. The third kappa shape index (κ3) is 4.59. The standard InChI is InChI=1S/C23H22BrN3O2/c1-17-5-2-7-19(15-17)26-11-13-27(14-12-26)23(28)21-9-4-10-25-22(21)29-20-8-3-6-18(24)16-20/h2-10,15-16H,11-14H2,1H3. The van der Waals surface area contributed by atoms with Crippen LogP contribution < -0.4 is 9.64 Å². The lowest BCUT2D eigenvalue weighted by molar-refractivity contribution is 0.0743. The van der Waals surface area contributed by atoms with Crippen molar-refractivity contribution >= 4 is 27.5 Å². The number of anilines is 1. The lowest BCUT2D eigenvalue weighted by atomic mass is 10.1. The van der Waals surface area contributed by atoms with Gasteiger partial charge in [-0.15, -0.1) is 0 Å². The van der Waals surface area contributed by atoms with Gasteiger partial charge >= 0.3 is 0 Å². The monoisotopic (exact) mass is 451 g/mol. The Morgan fingerprint density at radius 1 is 1.00 bits per heavy atom. The lowest BCUT2D eigenvalue weighted by Gasteiger charge is -2.36. The second-order valence-electron chi connectivity index (χ2n) is 7.03. The molecule has 0 radical (unpaired) electrons. The van der Waals surface area contributed by atoms with Crippen LogP contribution in [0.15, 0.2) is 71.3 Å². The fourth-order valence-corrected chi connectivity index (χ4v) is 3.82. The van der Waals surface area contributed by atoms with Gasteiger partial charge in [0.05, 0.1) is 0 Å². The fraction of sp³-hybridized carbons (Fsp3) is 0.217. The van der Waals surface area contributed by atoms with E-state index in [1.165, 1.54) is 11.3 Å². The highest BCUT2D eigenvalue weighted by atomic mass is 79.9. The normalized spacial score (nSPS) is 14.0. The van der Waals surface area contributed by atoms with Crippen molar-refractivity contribution in [1.29, 1.82) is 0 Å². The Labute approximate surface area is 179 Å². The summed E-state index contributed by atoms with van der Waals surface area (Å²) in [6.07, 6.45) is 1.64. The van der Waals surface area contributed by atoms with Crippen LogP contribution in [0.25, 0.3) is 0 Å². The maximum absolute atomic E-state index is 13.2. The number of halogens is 1. The van der Waals surface area contributed by atoms with Crippen LogP contribution in [0.3, 0.4) is 0 Å². The van der Waals surface area contributed by atoms with Crippen molar-refractivity contribution in [2.75, 3.05) is 31.1 Å². The first-order valence-electron chi connectivity index (χ1n) is 9.59. The third-order valence-electron chi connectivity index (χ3n) is 4.95. The van der Waals surface area contributed by atoms with Gasteiger partial charge in [0.2, 0.25) is 5.88 Å². The van der Waals surface area contributed by atoms with Gasteiger partial charge in [0.15, 0.2) is 0 Å². The molecule has 29 heavy (non-hydrogen) atoms. The molecular formula is C23H22BrN3O2. The molecule has 1 aliphatic heterocycles. The van der Waals surface area contributed by atoms with Gasteiger partial charge in [-0.3, -0.25) is 4.79 Å². The molecule has 1 aliphatic rings. The van der Waals surface area contributed by atoms with Gasteiger partial charge in [-0.25, -0.2) is 4.98 Å². The molecule has 0 spiro atoms. The van der Waals surface area contributed by atoms with E-state index in [2.05, 4.69) is 57.0 Å². The van der Waals surface area contributed by atoms with E-state index in [1.807, 2.05) is 29.2 Å². The van der Waals surface area contributed by atoms with E-state index in [0.717, 1.165) is 17.6 Å². The van der Waals surface area contributed by atoms with E-state index < -0.39 is 0 Å². The second-order valence-corrected chi connectivity index (χ2v) is 7.95. The van der Waals surface area contributed by atoms with E-state index in [9.17, 15) is 4.79 Å². The summed E-state index contributed by atoms with van der Waals surface area (Å²) in [5, 5.41) is 0. The lowest BCUT2D eigenvalue weighted by Crippen LogP contribution is -2.48. The molecule has 5 nitrogen and oxygen atoms in total. The van der Waals surface area contributed by atoms with E-state index in [-0.39, 0.29) is 5.91 Å². The number of carbonyl (C=O) groups excluding carboxylic acids is 1. The Hall–Kier alpha value is -2.86. The van der Waals surface area contributed by atoms with Gasteiger partial charge in [-0.05, 0) is 55.0 Å². The number of benzene rings is 2. The van der Waals surface area contributed by atoms with E-state index in [4.69, 9.17) is 4.74 Å². The predicted molar refractivity (Wildman–Crippen MR) is 118 cm³/mol. The van der Waals surface area contributed by atoms with Crippen molar-refractivity contribution in [1.82, 2.24) is 9.88 Å². The number of amides is 1. The molecule has 1 amide bonds. The smallest absolute Gasteiger partial charge is 0.259 e. The van der Waals surface area contributed by atoms with Crippen molar-refractivity contribution in [2.45, 2.75) is 6.92 Å². The Morgan fingerprint density at radius 3 is 2.55 bits per heavy atom. The molecule has 1 aromatic heterocycles. The van der Waals surface area contributed by atoms with Gasteiger partial charge in [-0.1, -0.05) is 34.1 Å². The number of aryl methyl sites for hydroxylation is 1. The number of pyridine rings is 1. The summed E-state index contributed by atoms with van der Waals surface area (Å²) < 4.78 is 6.82. The summed E-state index contributed by atoms with van der Waals surface area (Å²) >= 11 is 3.43. The van der Waals surface area contributed by atoms with Crippen molar-refractivity contribution in [3.05, 3.63) is 82.5 Å². The summed E-state index contributed by atoms with van der Waals surface area (Å²) in [7, 11) is 0. The van der Waals surface area contributed by atoms with Gasteiger partial charge in [-0.2, -0.15) is 0 Å². The quantitative estimate of drug-likeness (QED) is 0.565. The average molecular weight is 452 g/mol. The molecule has 4 rings (SSSR count). The zero-order chi connectivity index (χ0) is 20.2. The molecule has 2 aromatic carbocycles. The minimum absolute atomic E-state index is 0.0491. The van der Waals surface area contributed by atoms with Crippen molar-refractivity contribution in [3.63, 3.8) is 0 Å². The number of hydrogen-bond acceptors (Lipinski definition) is 4. The highest BCUT2D eigenvalue weighted by Crippen LogP contribution is 2.27. The minimum atomic E-state index is -0.0491. The minimum Gasteiger partial charge on any atom is -0.438 e. The zero-order valence-electron chi connectivity index (χ0n) is 16.2. The first-order chi connectivity index (χ1) is 14.1. The van der Waals surface area contributed by atoms with E-state index in [0.29, 0.717) is 30.3 Å². The van der Waals surface area contributed by atoms with Crippen molar-refractivity contribution in [2.24, 2.45) is 0 Å². The molecule has 1 saturated heterocycles. The van der Waals surface area contributed by atoms with Crippen molar-refractivity contribution in [3.8, 4) is 11.6 Å². The Bertz CT molecular complexity index is 1020. The van der Waals surface area contributed by atoms with Gasteiger partial charge < -0.3 is 14.5 Å². The molecule has 6 heteroatoms. The molecular weight excluding hydrogens is 430 g/mol. The van der Waals surface area contributed by atoms with Crippen LogP contribution in [0.2, 0.25) is 0 Å². The molecule has 0 bridgehead atoms. The summed E-state index contributed by atoms with van der Waals surface area (Å²) in [5.74, 6) is 0.917. The van der Waals surface area contributed by atoms with Crippen LogP contribution in [0.1, 0.15) is 15.9 Å². The topological polar surface area (TPSA) is 45.7 Å². The fourth-order valence-electron chi connectivity index (χ4n) is 3.44. The number of carbonyl (C=O) groups is 1. The Morgan fingerprint density at radius 2 is 1.79 bits per heavy atom. The number of ether oxygens (including phenoxy) is 1. The molecule has 148 valence electrons. The van der Waals surface area contributed by atoms with Gasteiger partial charge in [0, 0.05) is 42.5 Å². The van der Waals surface area contributed by atoms with E-state index in [1.54, 1.807) is 18.3 Å². The zero-order valence-corrected chi connectivity index (χ0v) is 17.8. The molecule has 0 N–H and O–H groups in total. The number of aromatic nitrogens is 1. The summed E-state index contributed by atoms with van der Waals surface area (Å²) in [6, 6.07) is 19.5. The highest BCUT2D eigenvalue weighted by Gasteiger charge is 2.25. The Balaban J connectivity index is 1.47. The average Bonchev–Trinajstić information content (AvgIpc) is 2.74. The molecule has 0 atom stereocenters. The molecule has 0 saturated carbocycles. The second kappa shape index (κ2) is 8.66. The molecule has 3 aromatic rings. The van der Waals surface area contributed by atoms with Crippen LogP contribution in [-0.4, -0.2) is 42.0 Å². The first kappa shape index (κ1) is 19.5. The molecule has 1 fully saturated rings. The van der Waals surface area contributed by atoms with Gasteiger partial charge in [0.25, 0.3) is 5.91 Å². The number of piperazine rings is 1. The largest absolute Gasteiger partial charge is 0.438 e. The van der Waals surface area contributed by atoms with Crippen molar-refractivity contribution < 1.29 is 9.53 Å². The Kier molecular flexibility index (Phi) is 5.81. The van der Waals surface area contributed by atoms with Crippen LogP contribution in [-0.2, 0) is 0 Å². The van der Waals surface area contributed by atoms with Crippen LogP contribution in [0.4, 0.5) is 5.69 Å². The van der Waals surface area contributed by atoms with Gasteiger partial charge in [0.1, 0.15) is 11.3 Å². The maximum Gasteiger partial charge on any atom is 0.259 e. The predicted octanol–water partition coefficient (Wildman–Crippen LogP) is 4.91. The van der Waals surface area contributed by atoms with Crippen LogP contribution in [0, 0.1) is 6.92 Å². The molecule has 2 heterocycles. The van der Waals surface area contributed by atoms with Crippen LogP contribution >= 0.6 is 15.9 Å². The molecule has 0 aliphatic carbocycles. The maximum atomic E-state index is 13.2. The number of rotatable bonds is 4. The number of nitrogens with zero attached hydrogens (tertiary/aromatic N) is 3. The third-order valence-corrected chi connectivity index (χ3v) is 5.44. The SMILES string of the molecule is Cc1cccc(N2CCN(C(=O)c3cccnc3Oc3cccc(Br)c3)CC2)c1. The number of hydrogen-bond donors (Lipinski definition) is 0. The first-order valence-corrected chi connectivity index (χ1v) is 10.4. The summed E-state index contributed by atoms with van der Waals surface area (Å²) in [6.45, 7) is 5.03. The van der Waals surface area contributed by atoms with Crippen LogP contribution in [0.5, 0.6) is 11.6 Å². The van der Waals surface area contributed by atoms with E-state index >= 15 is 0 Å². The summed E-state index contributed by atoms with van der Waals surface area (Å²) in [4.78, 5) is 21.6. The molecule has 0 unspecified atom stereocenters. The highest BCUT2D eigenvalue weighted by molar-refractivity contribution is 9.10.